The molecule has 0 amide bonds. The van der Waals surface area contributed by atoms with Crippen molar-refractivity contribution in [2.75, 3.05) is 30.3 Å². The molecule has 0 radical (unpaired) electrons. The van der Waals surface area contributed by atoms with E-state index in [2.05, 4.69) is 39.3 Å². The highest BCUT2D eigenvalue weighted by Crippen LogP contribution is 2.13. The van der Waals surface area contributed by atoms with Crippen molar-refractivity contribution in [3.63, 3.8) is 0 Å². The molecule has 2 aromatic rings. The molecule has 5 nitrogen and oxygen atoms in total. The summed E-state index contributed by atoms with van der Waals surface area (Å²) in [6, 6.07) is 8.53. The Morgan fingerprint density at radius 1 is 1.27 bits per heavy atom. The molecule has 2 heterocycles. The third-order valence-electron chi connectivity index (χ3n) is 3.66. The smallest absolute Gasteiger partial charge is 0.221 e. The highest BCUT2D eigenvalue weighted by Gasteiger charge is 2.10. The Hall–Kier alpha value is -1.79. The molecule has 0 unspecified atom stereocenters. The second-order valence-corrected chi connectivity index (χ2v) is 6.68. The summed E-state index contributed by atoms with van der Waals surface area (Å²) in [6.07, 6.45) is 3.62. The van der Waals surface area contributed by atoms with E-state index in [-0.39, 0.29) is 0 Å². The molecular weight excluding hydrogens is 294 g/mol. The summed E-state index contributed by atoms with van der Waals surface area (Å²) >= 11 is 2.04. The van der Waals surface area contributed by atoms with Crippen molar-refractivity contribution in [2.45, 2.75) is 13.5 Å². The molecule has 3 rings (SSSR count). The third kappa shape index (κ3) is 3.90. The summed E-state index contributed by atoms with van der Waals surface area (Å²) in [7, 11) is 0. The van der Waals surface area contributed by atoms with E-state index in [1.165, 1.54) is 30.2 Å². The van der Waals surface area contributed by atoms with Crippen molar-refractivity contribution in [2.24, 2.45) is 5.10 Å². The van der Waals surface area contributed by atoms with Crippen molar-refractivity contribution >= 4 is 23.9 Å². The molecule has 1 aliphatic rings. The second-order valence-electron chi connectivity index (χ2n) is 5.46. The Labute approximate surface area is 135 Å². The normalized spacial score (nSPS) is 16.4. The number of anilines is 1. The van der Waals surface area contributed by atoms with E-state index in [4.69, 9.17) is 5.73 Å². The Morgan fingerprint density at radius 3 is 2.64 bits per heavy atom. The van der Waals surface area contributed by atoms with Crippen molar-refractivity contribution in [3.05, 3.63) is 47.3 Å². The minimum absolute atomic E-state index is 0.410. The molecule has 0 bridgehead atoms. The number of hydrogen-bond acceptors (Lipinski definition) is 5. The van der Waals surface area contributed by atoms with Gasteiger partial charge in [0.25, 0.3) is 0 Å². The number of nitrogens with zero attached hydrogens (tertiary/aromatic N) is 4. The molecule has 116 valence electrons. The molecule has 0 spiro atoms. The molecule has 1 aliphatic heterocycles. The van der Waals surface area contributed by atoms with Gasteiger partial charge in [-0.15, -0.1) is 0 Å². The van der Waals surface area contributed by atoms with E-state index in [9.17, 15) is 0 Å². The predicted molar refractivity (Wildman–Crippen MR) is 93.4 cm³/mol. The first kappa shape index (κ1) is 15.1. The topological polar surface area (TPSA) is 59.4 Å². The Balaban J connectivity index is 1.62. The van der Waals surface area contributed by atoms with Crippen molar-refractivity contribution in [1.82, 2.24) is 14.6 Å². The zero-order chi connectivity index (χ0) is 15.4. The summed E-state index contributed by atoms with van der Waals surface area (Å²) in [6.45, 7) is 5.31. The Kier molecular flexibility index (Phi) is 4.80. The van der Waals surface area contributed by atoms with Crippen LogP contribution in [0.25, 0.3) is 0 Å². The molecule has 1 aromatic heterocycles. The van der Waals surface area contributed by atoms with E-state index in [0.29, 0.717) is 5.95 Å². The van der Waals surface area contributed by atoms with Crippen LogP contribution in [0.2, 0.25) is 0 Å². The van der Waals surface area contributed by atoms with E-state index < -0.39 is 0 Å². The van der Waals surface area contributed by atoms with Crippen LogP contribution in [0.15, 0.2) is 35.6 Å². The average Bonchev–Trinajstić information content (AvgIpc) is 2.85. The van der Waals surface area contributed by atoms with Crippen LogP contribution in [0.4, 0.5) is 5.95 Å². The maximum absolute atomic E-state index is 5.76. The quantitative estimate of drug-likeness (QED) is 0.879. The van der Waals surface area contributed by atoms with Gasteiger partial charge in [0.1, 0.15) is 0 Å². The maximum atomic E-state index is 5.76. The molecule has 6 heteroatoms. The molecule has 2 N–H and O–H groups in total. The number of nitrogen functional groups attached to an aromatic ring is 1. The van der Waals surface area contributed by atoms with Crippen LogP contribution in [-0.4, -0.2) is 45.4 Å². The lowest BCUT2D eigenvalue weighted by atomic mass is 10.1. The van der Waals surface area contributed by atoms with Crippen LogP contribution >= 0.6 is 11.8 Å². The van der Waals surface area contributed by atoms with Gasteiger partial charge in [-0.05, 0) is 18.1 Å². The van der Waals surface area contributed by atoms with Gasteiger partial charge >= 0.3 is 0 Å². The minimum Gasteiger partial charge on any atom is -0.368 e. The average molecular weight is 315 g/mol. The first-order chi connectivity index (χ1) is 10.7. The van der Waals surface area contributed by atoms with Crippen LogP contribution < -0.4 is 5.73 Å². The van der Waals surface area contributed by atoms with Crippen LogP contribution in [0.3, 0.4) is 0 Å². The lowest BCUT2D eigenvalue weighted by molar-refractivity contribution is 0.294. The molecular formula is C16H21N5S. The number of aromatic nitrogens is 2. The van der Waals surface area contributed by atoms with Crippen molar-refractivity contribution in [3.8, 4) is 0 Å². The first-order valence-corrected chi connectivity index (χ1v) is 8.61. The number of nitrogens with two attached hydrogens (primary N) is 1. The molecule has 1 aromatic carbocycles. The summed E-state index contributed by atoms with van der Waals surface area (Å²) in [5.41, 5.74) is 9.04. The van der Waals surface area contributed by atoms with Crippen molar-refractivity contribution < 1.29 is 0 Å². The molecule has 0 atom stereocenters. The van der Waals surface area contributed by atoms with Crippen LogP contribution in [-0.2, 0) is 6.54 Å². The number of aryl methyl sites for hydroxylation is 1. The lowest BCUT2D eigenvalue weighted by Crippen LogP contribution is -2.31. The fourth-order valence-corrected chi connectivity index (χ4v) is 3.43. The summed E-state index contributed by atoms with van der Waals surface area (Å²) < 4.78 is 1.59. The lowest BCUT2D eigenvalue weighted by Gasteiger charge is -2.26. The number of thioether (sulfide) groups is 1. The van der Waals surface area contributed by atoms with E-state index in [1.807, 2.05) is 24.9 Å². The highest BCUT2D eigenvalue weighted by molar-refractivity contribution is 7.99. The zero-order valence-corrected chi connectivity index (χ0v) is 13.6. The van der Waals surface area contributed by atoms with Crippen LogP contribution in [0.1, 0.15) is 16.8 Å². The SMILES string of the molecule is Cc1cn(N=Cc2ccc(CN3CCSCC3)cc2)c(N)n1. The third-order valence-corrected chi connectivity index (χ3v) is 4.60. The number of benzene rings is 1. The second kappa shape index (κ2) is 6.98. The molecule has 0 aliphatic carbocycles. The standard InChI is InChI=1S/C16H21N5S/c1-13-11-21(16(17)19-13)18-10-14-2-4-15(5-3-14)12-20-6-8-22-9-7-20/h2-5,10-11H,6-9,12H2,1H3,(H2,17,19). The van der Waals surface area contributed by atoms with Gasteiger partial charge in [-0.25, -0.2) is 9.66 Å². The van der Waals surface area contributed by atoms with Gasteiger partial charge in [-0.2, -0.15) is 16.9 Å². The van der Waals surface area contributed by atoms with Gasteiger partial charge in [-0.3, -0.25) is 4.90 Å². The monoisotopic (exact) mass is 315 g/mol. The largest absolute Gasteiger partial charge is 0.368 e. The highest BCUT2D eigenvalue weighted by atomic mass is 32.2. The summed E-state index contributed by atoms with van der Waals surface area (Å²) in [4.78, 5) is 6.63. The number of rotatable bonds is 4. The Morgan fingerprint density at radius 2 is 2.00 bits per heavy atom. The zero-order valence-electron chi connectivity index (χ0n) is 12.8. The van der Waals surface area contributed by atoms with Crippen LogP contribution in [0.5, 0.6) is 0 Å². The van der Waals surface area contributed by atoms with Gasteiger partial charge in [-0.1, -0.05) is 24.3 Å². The number of hydrogen-bond donors (Lipinski definition) is 1. The van der Waals surface area contributed by atoms with Gasteiger partial charge in [0.15, 0.2) is 0 Å². The van der Waals surface area contributed by atoms with Gasteiger partial charge in [0, 0.05) is 31.1 Å². The Bertz CT molecular complexity index is 641. The van der Waals surface area contributed by atoms with Gasteiger partial charge < -0.3 is 5.73 Å². The summed E-state index contributed by atoms with van der Waals surface area (Å²) in [5, 5.41) is 4.33. The number of imidazole rings is 1. The van der Waals surface area contributed by atoms with Gasteiger partial charge in [0.2, 0.25) is 5.95 Å². The van der Waals surface area contributed by atoms with Crippen LogP contribution in [0, 0.1) is 6.92 Å². The van der Waals surface area contributed by atoms with E-state index >= 15 is 0 Å². The molecule has 0 saturated carbocycles. The minimum atomic E-state index is 0.410. The first-order valence-electron chi connectivity index (χ1n) is 7.45. The molecule has 22 heavy (non-hydrogen) atoms. The van der Waals surface area contributed by atoms with E-state index in [1.54, 1.807) is 10.9 Å². The molecule has 1 fully saturated rings. The predicted octanol–water partition coefficient (Wildman–Crippen LogP) is 2.20. The molecule has 1 saturated heterocycles. The van der Waals surface area contributed by atoms with Gasteiger partial charge in [0.05, 0.1) is 18.1 Å². The fourth-order valence-electron chi connectivity index (χ4n) is 2.45. The maximum Gasteiger partial charge on any atom is 0.221 e. The fraction of sp³-hybridized carbons (Fsp3) is 0.375. The summed E-state index contributed by atoms with van der Waals surface area (Å²) in [5.74, 6) is 2.90. The van der Waals surface area contributed by atoms with Crippen molar-refractivity contribution in [1.29, 1.82) is 0 Å². The van der Waals surface area contributed by atoms with E-state index in [0.717, 1.165) is 17.8 Å².